The van der Waals surface area contributed by atoms with E-state index in [2.05, 4.69) is 9.50 Å². The second kappa shape index (κ2) is 7.10. The van der Waals surface area contributed by atoms with Crippen LogP contribution in [-0.4, -0.2) is 49.5 Å². The monoisotopic (exact) mass is 385 g/mol. The molecule has 1 fully saturated rings. The molecule has 2 rings (SSSR count). The summed E-state index contributed by atoms with van der Waals surface area (Å²) in [6.07, 6.45) is 0.770. The molecule has 8 nitrogen and oxygen atoms in total. The van der Waals surface area contributed by atoms with Crippen LogP contribution in [0.1, 0.15) is 32.1 Å². The quantitative estimate of drug-likeness (QED) is 0.546. The predicted octanol–water partition coefficient (Wildman–Crippen LogP) is 0.213. The molecule has 1 aliphatic carbocycles. The first-order valence-corrected chi connectivity index (χ1v) is 8.90. The van der Waals surface area contributed by atoms with Crippen molar-refractivity contribution in [3.05, 3.63) is 11.8 Å². The molecule has 12 heteroatoms. The van der Waals surface area contributed by atoms with Crippen molar-refractivity contribution in [1.82, 2.24) is 10.2 Å². The fourth-order valence-corrected chi connectivity index (χ4v) is 3.29. The molecule has 0 aromatic rings. The van der Waals surface area contributed by atoms with Crippen LogP contribution < -0.4 is 10.4 Å². The molecule has 142 valence electrons. The van der Waals surface area contributed by atoms with Gasteiger partial charge in [-0.25, -0.2) is 0 Å². The van der Waals surface area contributed by atoms with E-state index < -0.39 is 39.7 Å². The molecule has 1 aliphatic heterocycles. The van der Waals surface area contributed by atoms with Gasteiger partial charge in [0.1, 0.15) is 17.9 Å². The first-order valence-electron chi connectivity index (χ1n) is 7.49. The van der Waals surface area contributed by atoms with E-state index in [0.717, 1.165) is 4.90 Å². The number of rotatable bonds is 4. The molecular formula is C13H16F3N2O6S-. The largest absolute Gasteiger partial charge is 0.534 e. The lowest BCUT2D eigenvalue weighted by Crippen LogP contribution is -2.52. The molecule has 0 bridgehead atoms. The van der Waals surface area contributed by atoms with Crippen LogP contribution in [0.5, 0.6) is 0 Å². The summed E-state index contributed by atoms with van der Waals surface area (Å²) in [6, 6.07) is -1.30. The van der Waals surface area contributed by atoms with Crippen molar-refractivity contribution in [1.29, 1.82) is 0 Å². The zero-order chi connectivity index (χ0) is 18.8. The number of hydrogen-bond acceptors (Lipinski definition) is 6. The van der Waals surface area contributed by atoms with Gasteiger partial charge in [0.25, 0.3) is 0 Å². The smallest absolute Gasteiger partial charge is 0.530 e. The molecule has 1 saturated heterocycles. The van der Waals surface area contributed by atoms with Gasteiger partial charge >= 0.3 is 15.6 Å². The van der Waals surface area contributed by atoms with E-state index >= 15 is 0 Å². The zero-order valence-corrected chi connectivity index (χ0v) is 13.7. The van der Waals surface area contributed by atoms with Crippen LogP contribution in [0.4, 0.5) is 18.0 Å². The summed E-state index contributed by atoms with van der Waals surface area (Å²) in [5.74, 6) is -0.840. The minimum Gasteiger partial charge on any atom is -0.530 e. The Morgan fingerprint density at radius 1 is 1.32 bits per heavy atom. The molecule has 1 heterocycles. The maximum atomic E-state index is 12.3. The molecule has 1 N–H and O–H groups in total. The SMILES string of the molecule is O=C(NC1CC=C(OS(=O)(=O)C(F)(F)F)CC1)C1CCCN1C(=O)[O-]. The van der Waals surface area contributed by atoms with Crippen molar-refractivity contribution in [2.24, 2.45) is 0 Å². The van der Waals surface area contributed by atoms with Crippen molar-refractivity contribution in [2.45, 2.75) is 49.7 Å². The van der Waals surface area contributed by atoms with Crippen molar-refractivity contribution in [2.75, 3.05) is 6.54 Å². The fourth-order valence-electron chi connectivity index (χ4n) is 2.76. The van der Waals surface area contributed by atoms with Crippen LogP contribution in [0.3, 0.4) is 0 Å². The van der Waals surface area contributed by atoms with Crippen molar-refractivity contribution in [3.63, 3.8) is 0 Å². The Morgan fingerprint density at radius 3 is 2.52 bits per heavy atom. The van der Waals surface area contributed by atoms with Gasteiger partial charge in [0.15, 0.2) is 0 Å². The lowest BCUT2D eigenvalue weighted by molar-refractivity contribution is -0.266. The first-order chi connectivity index (χ1) is 11.5. The normalized spacial score (nSPS) is 24.6. The van der Waals surface area contributed by atoms with E-state index in [9.17, 15) is 36.3 Å². The van der Waals surface area contributed by atoms with E-state index in [-0.39, 0.29) is 31.6 Å². The molecule has 0 aromatic carbocycles. The minimum absolute atomic E-state index is 0.0759. The van der Waals surface area contributed by atoms with E-state index in [1.165, 1.54) is 6.08 Å². The summed E-state index contributed by atoms with van der Waals surface area (Å²) in [5, 5.41) is 13.5. The summed E-state index contributed by atoms with van der Waals surface area (Å²) < 4.78 is 62.7. The molecule has 0 radical (unpaired) electrons. The van der Waals surface area contributed by atoms with Gasteiger partial charge in [0.05, 0.1) is 0 Å². The van der Waals surface area contributed by atoms with Gasteiger partial charge in [0, 0.05) is 19.0 Å². The van der Waals surface area contributed by atoms with Gasteiger partial charge in [-0.3, -0.25) is 4.79 Å². The lowest BCUT2D eigenvalue weighted by Gasteiger charge is -2.29. The lowest BCUT2D eigenvalue weighted by atomic mass is 10.00. The summed E-state index contributed by atoms with van der Waals surface area (Å²) in [7, 11) is -5.70. The number of allylic oxidation sites excluding steroid dienone is 1. The number of alkyl halides is 3. The molecule has 2 aliphatic rings. The standard InChI is InChI=1S/C13H17F3N2O6S/c14-13(15,16)25(22,23)24-9-5-3-8(4-6-9)17-11(19)10-2-1-7-18(10)12(20)21/h5,8,10H,1-4,6-7H2,(H,17,19)(H,20,21)/p-1. The Kier molecular flexibility index (Phi) is 5.49. The average molecular weight is 385 g/mol. The summed E-state index contributed by atoms with van der Waals surface area (Å²) in [6.45, 7) is 0.207. The topological polar surface area (TPSA) is 116 Å². The van der Waals surface area contributed by atoms with E-state index in [1.54, 1.807) is 0 Å². The maximum Gasteiger partial charge on any atom is 0.534 e. The number of hydrogen-bond donors (Lipinski definition) is 1. The summed E-state index contributed by atoms with van der Waals surface area (Å²) in [4.78, 5) is 24.0. The van der Waals surface area contributed by atoms with Crippen molar-refractivity contribution < 1.29 is 40.5 Å². The number of carboxylic acid groups (broad SMARTS) is 1. The fraction of sp³-hybridized carbons (Fsp3) is 0.692. The first kappa shape index (κ1) is 19.3. The number of carbonyl (C=O) groups is 2. The van der Waals surface area contributed by atoms with Crippen LogP contribution >= 0.6 is 0 Å². The number of likely N-dealkylation sites (tertiary alicyclic amines) is 1. The zero-order valence-electron chi connectivity index (χ0n) is 12.9. The third-order valence-corrected chi connectivity index (χ3v) is 5.01. The Labute approximate surface area is 141 Å². The van der Waals surface area contributed by atoms with Gasteiger partial charge < -0.3 is 24.3 Å². The van der Waals surface area contributed by atoms with Gasteiger partial charge in [-0.1, -0.05) is 0 Å². The Hall–Kier alpha value is -1.98. The Bertz CT molecular complexity index is 676. The molecule has 0 saturated carbocycles. The average Bonchev–Trinajstić information content (AvgIpc) is 2.97. The molecule has 0 aromatic heterocycles. The third-order valence-electron chi connectivity index (χ3n) is 4.01. The van der Waals surface area contributed by atoms with Gasteiger partial charge in [-0.15, -0.1) is 0 Å². The highest BCUT2D eigenvalue weighted by Gasteiger charge is 2.49. The maximum absolute atomic E-state index is 12.3. The predicted molar refractivity (Wildman–Crippen MR) is 75.0 cm³/mol. The van der Waals surface area contributed by atoms with E-state index in [1.807, 2.05) is 0 Å². The van der Waals surface area contributed by atoms with Gasteiger partial charge in [-0.05, 0) is 31.8 Å². The minimum atomic E-state index is -5.70. The van der Waals surface area contributed by atoms with Crippen LogP contribution in [0.15, 0.2) is 11.8 Å². The van der Waals surface area contributed by atoms with Gasteiger partial charge in [-0.2, -0.15) is 21.6 Å². The second-order valence-corrected chi connectivity index (χ2v) is 7.29. The number of carbonyl (C=O) groups excluding carboxylic acids is 2. The van der Waals surface area contributed by atoms with Crippen LogP contribution in [0.2, 0.25) is 0 Å². The third kappa shape index (κ3) is 4.55. The van der Waals surface area contributed by atoms with Crippen molar-refractivity contribution in [3.8, 4) is 0 Å². The van der Waals surface area contributed by atoms with Crippen LogP contribution in [0, 0.1) is 0 Å². The molecule has 2 unspecified atom stereocenters. The highest BCUT2D eigenvalue weighted by atomic mass is 32.2. The Morgan fingerprint density at radius 2 is 2.00 bits per heavy atom. The van der Waals surface area contributed by atoms with Crippen LogP contribution in [-0.2, 0) is 19.1 Å². The number of nitrogens with zero attached hydrogens (tertiary/aromatic N) is 1. The number of halogens is 3. The summed E-state index contributed by atoms with van der Waals surface area (Å²) >= 11 is 0. The van der Waals surface area contributed by atoms with E-state index in [0.29, 0.717) is 12.8 Å². The Balaban J connectivity index is 1.90. The molecule has 2 amide bonds. The highest BCUT2D eigenvalue weighted by Crippen LogP contribution is 2.30. The number of amides is 2. The van der Waals surface area contributed by atoms with Gasteiger partial charge in [0.2, 0.25) is 5.91 Å². The molecule has 25 heavy (non-hydrogen) atoms. The molecule has 0 spiro atoms. The molecular weight excluding hydrogens is 369 g/mol. The highest BCUT2D eigenvalue weighted by molar-refractivity contribution is 7.87. The van der Waals surface area contributed by atoms with Crippen molar-refractivity contribution >= 4 is 22.1 Å². The second-order valence-electron chi connectivity index (χ2n) is 5.75. The summed E-state index contributed by atoms with van der Waals surface area (Å²) in [5.41, 5.74) is -5.50. The number of nitrogens with one attached hydrogen (secondary N) is 1. The van der Waals surface area contributed by atoms with Crippen LogP contribution in [0.25, 0.3) is 0 Å². The molecule has 2 atom stereocenters. The van der Waals surface area contributed by atoms with E-state index in [4.69, 9.17) is 0 Å².